The van der Waals surface area contributed by atoms with E-state index in [1.54, 1.807) is 41.8 Å². The highest BCUT2D eigenvalue weighted by Gasteiger charge is 2.10. The Bertz CT molecular complexity index is 860. The van der Waals surface area contributed by atoms with Gasteiger partial charge in [-0.05, 0) is 38.1 Å². The van der Waals surface area contributed by atoms with Gasteiger partial charge in [0, 0.05) is 22.3 Å². The van der Waals surface area contributed by atoms with E-state index in [1.165, 1.54) is 0 Å². The molecule has 112 valence electrons. The third-order valence-electron chi connectivity index (χ3n) is 3.28. The standard InChI is InChI=1S/C15H15N5OS/c1-9-8-22-15-18-10(2)13(20(9)15)7-17-19-14(21)11-3-5-12(16)6-4-11/h3-8H,16H2,1-2H3,(H,19,21)/b17-7-. The van der Waals surface area contributed by atoms with Crippen molar-refractivity contribution in [3.05, 3.63) is 52.3 Å². The lowest BCUT2D eigenvalue weighted by atomic mass is 10.2. The quantitative estimate of drug-likeness (QED) is 0.442. The van der Waals surface area contributed by atoms with Crippen LogP contribution in [0.3, 0.4) is 0 Å². The van der Waals surface area contributed by atoms with E-state index in [-0.39, 0.29) is 5.91 Å². The summed E-state index contributed by atoms with van der Waals surface area (Å²) in [6.45, 7) is 3.93. The summed E-state index contributed by atoms with van der Waals surface area (Å²) < 4.78 is 2.01. The Morgan fingerprint density at radius 3 is 2.82 bits per heavy atom. The van der Waals surface area contributed by atoms with Crippen LogP contribution in [0.2, 0.25) is 0 Å². The Morgan fingerprint density at radius 2 is 2.09 bits per heavy atom. The molecule has 2 aromatic heterocycles. The molecule has 6 nitrogen and oxygen atoms in total. The van der Waals surface area contributed by atoms with E-state index in [0.29, 0.717) is 11.3 Å². The number of hydrogen-bond donors (Lipinski definition) is 2. The van der Waals surface area contributed by atoms with Gasteiger partial charge in [-0.15, -0.1) is 11.3 Å². The van der Waals surface area contributed by atoms with Gasteiger partial charge in [0.25, 0.3) is 5.91 Å². The highest BCUT2D eigenvalue weighted by Crippen LogP contribution is 2.19. The number of benzene rings is 1. The second-order valence-corrected chi connectivity index (χ2v) is 5.74. The van der Waals surface area contributed by atoms with Crippen LogP contribution in [0.4, 0.5) is 5.69 Å². The molecule has 3 rings (SSSR count). The molecule has 0 atom stereocenters. The molecule has 0 saturated carbocycles. The lowest BCUT2D eigenvalue weighted by Gasteiger charge is -2.00. The second kappa shape index (κ2) is 5.61. The van der Waals surface area contributed by atoms with Gasteiger partial charge in [0.05, 0.1) is 17.6 Å². The molecule has 22 heavy (non-hydrogen) atoms. The number of hydrazone groups is 1. The number of carbonyl (C=O) groups excluding carboxylic acids is 1. The molecular formula is C15H15N5OS. The van der Waals surface area contributed by atoms with Crippen molar-refractivity contribution in [1.29, 1.82) is 0 Å². The highest BCUT2D eigenvalue weighted by molar-refractivity contribution is 7.15. The molecule has 0 spiro atoms. The van der Waals surface area contributed by atoms with Crippen molar-refractivity contribution in [2.75, 3.05) is 5.73 Å². The first-order valence-electron chi connectivity index (χ1n) is 6.68. The van der Waals surface area contributed by atoms with Crippen molar-refractivity contribution in [3.8, 4) is 0 Å². The molecule has 2 heterocycles. The maximum atomic E-state index is 12.0. The molecule has 0 unspecified atom stereocenters. The number of thiazole rings is 1. The Morgan fingerprint density at radius 1 is 1.36 bits per heavy atom. The first-order chi connectivity index (χ1) is 10.6. The van der Waals surface area contributed by atoms with E-state index in [2.05, 4.69) is 15.5 Å². The van der Waals surface area contributed by atoms with Crippen molar-refractivity contribution in [3.63, 3.8) is 0 Å². The van der Waals surface area contributed by atoms with Gasteiger partial charge in [-0.2, -0.15) is 5.10 Å². The maximum absolute atomic E-state index is 12.0. The topological polar surface area (TPSA) is 84.8 Å². The largest absolute Gasteiger partial charge is 0.399 e. The van der Waals surface area contributed by atoms with Gasteiger partial charge < -0.3 is 5.73 Å². The summed E-state index contributed by atoms with van der Waals surface area (Å²) in [4.78, 5) is 17.3. The summed E-state index contributed by atoms with van der Waals surface area (Å²) >= 11 is 1.58. The Kier molecular flexibility index (Phi) is 3.64. The van der Waals surface area contributed by atoms with Gasteiger partial charge in [0.15, 0.2) is 4.96 Å². The summed E-state index contributed by atoms with van der Waals surface area (Å²) in [5, 5.41) is 6.07. The summed E-state index contributed by atoms with van der Waals surface area (Å²) in [6, 6.07) is 6.67. The predicted molar refractivity (Wildman–Crippen MR) is 88.5 cm³/mol. The Hall–Kier alpha value is -2.67. The fourth-order valence-electron chi connectivity index (χ4n) is 2.13. The molecule has 0 aliphatic heterocycles. The van der Waals surface area contributed by atoms with Gasteiger partial charge in [-0.25, -0.2) is 10.4 Å². The van der Waals surface area contributed by atoms with Gasteiger partial charge in [0.1, 0.15) is 0 Å². The third kappa shape index (κ3) is 2.58. The number of nitrogen functional groups attached to an aromatic ring is 1. The van der Waals surface area contributed by atoms with Crippen molar-refractivity contribution < 1.29 is 4.79 Å². The zero-order chi connectivity index (χ0) is 15.7. The van der Waals surface area contributed by atoms with Crippen LogP contribution in [-0.2, 0) is 0 Å². The summed E-state index contributed by atoms with van der Waals surface area (Å²) in [6.07, 6.45) is 1.62. The molecule has 0 radical (unpaired) electrons. The minimum absolute atomic E-state index is 0.281. The van der Waals surface area contributed by atoms with Crippen LogP contribution in [0.1, 0.15) is 27.4 Å². The van der Waals surface area contributed by atoms with Crippen LogP contribution >= 0.6 is 11.3 Å². The number of rotatable bonds is 3. The van der Waals surface area contributed by atoms with Gasteiger partial charge in [-0.3, -0.25) is 9.20 Å². The molecule has 1 amide bonds. The molecule has 0 aliphatic rings. The third-order valence-corrected chi connectivity index (χ3v) is 4.22. The molecule has 0 bridgehead atoms. The zero-order valence-electron chi connectivity index (χ0n) is 12.2. The van der Waals surface area contributed by atoms with Crippen LogP contribution in [0.15, 0.2) is 34.7 Å². The van der Waals surface area contributed by atoms with Crippen LogP contribution in [0.5, 0.6) is 0 Å². The molecule has 3 N–H and O–H groups in total. The first kappa shape index (κ1) is 14.3. The summed E-state index contributed by atoms with van der Waals surface area (Å²) in [5.41, 5.74) is 12.1. The number of anilines is 1. The number of nitrogens with one attached hydrogen (secondary N) is 1. The molecule has 3 aromatic rings. The number of aromatic nitrogens is 2. The number of aryl methyl sites for hydroxylation is 2. The van der Waals surface area contributed by atoms with Crippen molar-refractivity contribution in [2.24, 2.45) is 5.10 Å². The van der Waals surface area contributed by atoms with Crippen LogP contribution in [0.25, 0.3) is 4.96 Å². The van der Waals surface area contributed by atoms with Crippen LogP contribution < -0.4 is 11.2 Å². The first-order valence-corrected chi connectivity index (χ1v) is 7.56. The van der Waals surface area contributed by atoms with Crippen molar-refractivity contribution in [1.82, 2.24) is 14.8 Å². The predicted octanol–water partition coefficient (Wildman–Crippen LogP) is 2.36. The molecule has 0 aliphatic carbocycles. The number of hydrogen-bond acceptors (Lipinski definition) is 5. The Labute approximate surface area is 131 Å². The average molecular weight is 313 g/mol. The minimum atomic E-state index is -0.281. The van der Waals surface area contributed by atoms with Crippen LogP contribution in [-0.4, -0.2) is 21.5 Å². The summed E-state index contributed by atoms with van der Waals surface area (Å²) in [7, 11) is 0. The van der Waals surface area contributed by atoms with Crippen molar-refractivity contribution in [2.45, 2.75) is 13.8 Å². The van der Waals surface area contributed by atoms with E-state index < -0.39 is 0 Å². The fourth-order valence-corrected chi connectivity index (χ4v) is 3.05. The number of fused-ring (bicyclic) bond motifs is 1. The highest BCUT2D eigenvalue weighted by atomic mass is 32.1. The monoisotopic (exact) mass is 313 g/mol. The van der Waals surface area contributed by atoms with Gasteiger partial charge in [-0.1, -0.05) is 0 Å². The van der Waals surface area contributed by atoms with E-state index in [4.69, 9.17) is 5.73 Å². The smallest absolute Gasteiger partial charge is 0.271 e. The molecule has 7 heteroatoms. The lowest BCUT2D eigenvalue weighted by Crippen LogP contribution is -2.17. The normalized spacial score (nSPS) is 11.4. The average Bonchev–Trinajstić information content (AvgIpc) is 3.00. The van der Waals surface area contributed by atoms with Crippen molar-refractivity contribution >= 4 is 34.1 Å². The van der Waals surface area contributed by atoms with Gasteiger partial charge in [0.2, 0.25) is 0 Å². The lowest BCUT2D eigenvalue weighted by molar-refractivity contribution is 0.0955. The summed E-state index contributed by atoms with van der Waals surface area (Å²) in [5.74, 6) is -0.281. The molecule has 0 saturated heterocycles. The number of imidazole rings is 1. The maximum Gasteiger partial charge on any atom is 0.271 e. The zero-order valence-corrected chi connectivity index (χ0v) is 13.0. The molecule has 1 aromatic carbocycles. The second-order valence-electron chi connectivity index (χ2n) is 4.90. The van der Waals surface area contributed by atoms with Gasteiger partial charge >= 0.3 is 0 Å². The number of nitrogens with two attached hydrogens (primary N) is 1. The van der Waals surface area contributed by atoms with E-state index in [0.717, 1.165) is 22.0 Å². The number of carbonyl (C=O) groups is 1. The minimum Gasteiger partial charge on any atom is -0.399 e. The molecular weight excluding hydrogens is 298 g/mol. The SMILES string of the molecule is Cc1nc2scc(C)n2c1/C=N\NC(=O)c1ccc(N)cc1. The fraction of sp³-hybridized carbons (Fsp3) is 0.133. The molecule has 0 fully saturated rings. The van der Waals surface area contributed by atoms with E-state index >= 15 is 0 Å². The Balaban J connectivity index is 1.79. The number of amides is 1. The van der Waals surface area contributed by atoms with E-state index in [9.17, 15) is 4.79 Å². The number of nitrogens with zero attached hydrogens (tertiary/aromatic N) is 3. The van der Waals surface area contributed by atoms with Crippen LogP contribution in [0, 0.1) is 13.8 Å². The van der Waals surface area contributed by atoms with E-state index in [1.807, 2.05) is 23.6 Å².